The van der Waals surface area contributed by atoms with Gasteiger partial charge in [-0.15, -0.1) is 0 Å². The van der Waals surface area contributed by atoms with E-state index >= 15 is 0 Å². The van der Waals surface area contributed by atoms with Crippen LogP contribution < -0.4 is 5.43 Å². The van der Waals surface area contributed by atoms with E-state index in [9.17, 15) is 18.0 Å². The van der Waals surface area contributed by atoms with Crippen LogP contribution in [0.15, 0.2) is 36.4 Å². The maximum Gasteiger partial charge on any atom is 0.409 e. The average molecular weight is 336 g/mol. The summed E-state index contributed by atoms with van der Waals surface area (Å²) in [6.07, 6.45) is -4.39. The lowest BCUT2D eigenvalue weighted by molar-refractivity contribution is -0.191. The molecule has 1 atom stereocenters. The molecule has 1 aliphatic rings. The Hall–Kier alpha value is -2.08. The van der Waals surface area contributed by atoms with Crippen LogP contribution in [0.1, 0.15) is 43.4 Å². The first-order chi connectivity index (χ1) is 11.3. The molecule has 2 aromatic carbocycles. The van der Waals surface area contributed by atoms with E-state index in [2.05, 4.69) is 19.3 Å². The van der Waals surface area contributed by atoms with Gasteiger partial charge in [0.2, 0.25) is 5.91 Å². The Morgan fingerprint density at radius 1 is 1.17 bits per heavy atom. The summed E-state index contributed by atoms with van der Waals surface area (Å²) in [6, 6.07) is 8.67. The molecule has 1 unspecified atom stereocenters. The number of hydrazine groups is 1. The van der Waals surface area contributed by atoms with Crippen LogP contribution in [0.4, 0.5) is 13.2 Å². The Morgan fingerprint density at radius 2 is 1.92 bits per heavy atom. The molecular formula is C18H19F3N2O. The first kappa shape index (κ1) is 16.8. The SMILES string of the molecule is CC(C)c1cccc2cc(C(N3CCC(=O)N3)C(F)(F)F)ccc12. The fourth-order valence-electron chi connectivity index (χ4n) is 3.23. The Morgan fingerprint density at radius 3 is 2.50 bits per heavy atom. The summed E-state index contributed by atoms with van der Waals surface area (Å²) in [4.78, 5) is 11.3. The second kappa shape index (κ2) is 6.09. The number of halogens is 3. The molecule has 128 valence electrons. The lowest BCUT2D eigenvalue weighted by Crippen LogP contribution is -2.43. The van der Waals surface area contributed by atoms with Crippen molar-refractivity contribution in [3.8, 4) is 0 Å². The van der Waals surface area contributed by atoms with E-state index in [0.29, 0.717) is 0 Å². The summed E-state index contributed by atoms with van der Waals surface area (Å²) in [5.41, 5.74) is 3.56. The average Bonchev–Trinajstić information content (AvgIpc) is 2.91. The third-order valence-electron chi connectivity index (χ3n) is 4.35. The Kier molecular flexibility index (Phi) is 4.25. The zero-order chi connectivity index (χ0) is 17.5. The number of nitrogens with zero attached hydrogens (tertiary/aromatic N) is 1. The summed E-state index contributed by atoms with van der Waals surface area (Å²) in [7, 11) is 0. The van der Waals surface area contributed by atoms with Gasteiger partial charge in [-0.2, -0.15) is 13.2 Å². The highest BCUT2D eigenvalue weighted by Crippen LogP contribution is 2.39. The molecule has 0 bridgehead atoms. The zero-order valence-electron chi connectivity index (χ0n) is 13.5. The maximum absolute atomic E-state index is 13.6. The number of rotatable bonds is 3. The highest BCUT2D eigenvalue weighted by Gasteiger charge is 2.46. The number of alkyl halides is 3. The fraction of sp³-hybridized carbons (Fsp3) is 0.389. The van der Waals surface area contributed by atoms with Crippen molar-refractivity contribution in [3.05, 3.63) is 47.5 Å². The van der Waals surface area contributed by atoms with Gasteiger partial charge in [0.05, 0.1) is 0 Å². The van der Waals surface area contributed by atoms with Crippen molar-refractivity contribution in [2.45, 2.75) is 38.4 Å². The summed E-state index contributed by atoms with van der Waals surface area (Å²) >= 11 is 0. The van der Waals surface area contributed by atoms with Crippen LogP contribution in [-0.2, 0) is 4.79 Å². The third-order valence-corrected chi connectivity index (χ3v) is 4.35. The lowest BCUT2D eigenvalue weighted by Gasteiger charge is -2.29. The van der Waals surface area contributed by atoms with E-state index in [1.165, 1.54) is 6.07 Å². The number of hydrogen-bond donors (Lipinski definition) is 1. The van der Waals surface area contributed by atoms with Crippen molar-refractivity contribution in [1.82, 2.24) is 10.4 Å². The van der Waals surface area contributed by atoms with Gasteiger partial charge in [0.25, 0.3) is 0 Å². The Labute approximate surface area is 138 Å². The van der Waals surface area contributed by atoms with E-state index < -0.39 is 12.2 Å². The molecule has 1 aliphatic heterocycles. The highest BCUT2D eigenvalue weighted by molar-refractivity contribution is 5.87. The van der Waals surface area contributed by atoms with Crippen LogP contribution in [0.25, 0.3) is 10.8 Å². The number of fused-ring (bicyclic) bond motifs is 1. The van der Waals surface area contributed by atoms with Crippen molar-refractivity contribution in [2.24, 2.45) is 0 Å². The molecule has 1 fully saturated rings. The summed E-state index contributed by atoms with van der Waals surface area (Å²) < 4.78 is 40.8. The van der Waals surface area contributed by atoms with Crippen LogP contribution in [-0.4, -0.2) is 23.6 Å². The van der Waals surface area contributed by atoms with Crippen LogP contribution in [0, 0.1) is 0 Å². The second-order valence-electron chi connectivity index (χ2n) is 6.41. The van der Waals surface area contributed by atoms with Gasteiger partial charge < -0.3 is 0 Å². The normalized spacial score (nSPS) is 17.5. The van der Waals surface area contributed by atoms with Gasteiger partial charge >= 0.3 is 6.18 Å². The maximum atomic E-state index is 13.6. The van der Waals surface area contributed by atoms with Crippen LogP contribution in [0.5, 0.6) is 0 Å². The van der Waals surface area contributed by atoms with Gasteiger partial charge in [-0.05, 0) is 33.9 Å². The van der Waals surface area contributed by atoms with Gasteiger partial charge in [-0.25, -0.2) is 5.01 Å². The Bertz CT molecular complexity index is 770. The largest absolute Gasteiger partial charge is 0.409 e. The van der Waals surface area contributed by atoms with E-state index in [-0.39, 0.29) is 30.4 Å². The van der Waals surface area contributed by atoms with Gasteiger partial charge in [-0.3, -0.25) is 10.2 Å². The zero-order valence-corrected chi connectivity index (χ0v) is 13.5. The van der Waals surface area contributed by atoms with Gasteiger partial charge in [-0.1, -0.05) is 44.2 Å². The predicted octanol–water partition coefficient (Wildman–Crippen LogP) is 4.30. The van der Waals surface area contributed by atoms with Gasteiger partial charge in [0.15, 0.2) is 0 Å². The van der Waals surface area contributed by atoms with Gasteiger partial charge in [0, 0.05) is 13.0 Å². The van der Waals surface area contributed by atoms with Crippen molar-refractivity contribution in [3.63, 3.8) is 0 Å². The number of carbonyl (C=O) groups excluding carboxylic acids is 1. The standard InChI is InChI=1S/C18H19F3N2O/c1-11(2)14-5-3-4-12-10-13(6-7-15(12)14)17(18(19,20)21)23-9-8-16(24)22-23/h3-7,10-11,17H,8-9H2,1-2H3,(H,22,24). The number of amides is 1. The quantitative estimate of drug-likeness (QED) is 0.906. The van der Waals surface area contributed by atoms with Crippen molar-refractivity contribution in [1.29, 1.82) is 0 Å². The number of nitrogens with one attached hydrogen (secondary N) is 1. The minimum absolute atomic E-state index is 0.0487. The van der Waals surface area contributed by atoms with E-state index in [1.807, 2.05) is 18.2 Å². The van der Waals surface area contributed by atoms with Crippen LogP contribution in [0.3, 0.4) is 0 Å². The number of hydrogen-bond acceptors (Lipinski definition) is 2. The molecule has 3 nitrogen and oxygen atoms in total. The monoisotopic (exact) mass is 336 g/mol. The molecule has 0 spiro atoms. The molecule has 1 saturated heterocycles. The molecule has 6 heteroatoms. The summed E-state index contributed by atoms with van der Waals surface area (Å²) in [5.74, 6) is -0.0945. The molecular weight excluding hydrogens is 317 g/mol. The first-order valence-corrected chi connectivity index (χ1v) is 7.93. The molecule has 0 saturated carbocycles. The van der Waals surface area contributed by atoms with Crippen molar-refractivity contribution < 1.29 is 18.0 Å². The van der Waals surface area contributed by atoms with E-state index in [4.69, 9.17) is 0 Å². The van der Waals surface area contributed by atoms with E-state index in [0.717, 1.165) is 21.3 Å². The minimum atomic E-state index is -4.47. The molecule has 1 amide bonds. The van der Waals surface area contributed by atoms with Crippen LogP contribution in [0.2, 0.25) is 0 Å². The Balaban J connectivity index is 2.07. The predicted molar refractivity (Wildman–Crippen MR) is 86.3 cm³/mol. The van der Waals surface area contributed by atoms with Crippen molar-refractivity contribution >= 4 is 16.7 Å². The molecule has 3 rings (SSSR count). The highest BCUT2D eigenvalue weighted by atomic mass is 19.4. The molecule has 0 aliphatic carbocycles. The fourth-order valence-corrected chi connectivity index (χ4v) is 3.23. The smallest absolute Gasteiger partial charge is 0.288 e. The van der Waals surface area contributed by atoms with Crippen LogP contribution >= 0.6 is 0 Å². The minimum Gasteiger partial charge on any atom is -0.288 e. The van der Waals surface area contributed by atoms with E-state index in [1.54, 1.807) is 12.1 Å². The molecule has 1 heterocycles. The lowest BCUT2D eigenvalue weighted by atomic mass is 9.93. The molecule has 2 aromatic rings. The topological polar surface area (TPSA) is 32.3 Å². The number of carbonyl (C=O) groups is 1. The molecule has 1 N–H and O–H groups in total. The molecule has 0 aromatic heterocycles. The summed E-state index contributed by atoms with van der Waals surface area (Å²) in [5, 5.41) is 2.72. The summed E-state index contributed by atoms with van der Waals surface area (Å²) in [6.45, 7) is 4.16. The molecule has 0 radical (unpaired) electrons. The molecule has 24 heavy (non-hydrogen) atoms. The third kappa shape index (κ3) is 3.11. The van der Waals surface area contributed by atoms with Crippen molar-refractivity contribution in [2.75, 3.05) is 6.54 Å². The van der Waals surface area contributed by atoms with Gasteiger partial charge in [0.1, 0.15) is 6.04 Å². The number of benzene rings is 2. The second-order valence-corrected chi connectivity index (χ2v) is 6.41. The first-order valence-electron chi connectivity index (χ1n) is 7.93.